The van der Waals surface area contributed by atoms with Crippen molar-refractivity contribution in [3.8, 4) is 0 Å². The number of hydrogen-bond acceptors (Lipinski definition) is 2. The van der Waals surface area contributed by atoms with Crippen LogP contribution in [0.4, 0.5) is 0 Å². The van der Waals surface area contributed by atoms with E-state index in [1.165, 1.54) is 36.5 Å². The van der Waals surface area contributed by atoms with Crippen LogP contribution in [-0.2, 0) is 4.43 Å². The summed E-state index contributed by atoms with van der Waals surface area (Å²) in [6.45, 7) is 6.99. The molecule has 0 bridgehead atoms. The lowest BCUT2D eigenvalue weighted by Crippen LogP contribution is -2.41. The molecule has 1 N–H and O–H groups in total. The van der Waals surface area contributed by atoms with Crippen LogP contribution in [0.1, 0.15) is 46.5 Å². The minimum absolute atomic E-state index is 0.161. The predicted octanol–water partition coefficient (Wildman–Crippen LogP) is 3.87. The van der Waals surface area contributed by atoms with Gasteiger partial charge in [0.15, 0.2) is 8.32 Å². The van der Waals surface area contributed by atoms with Gasteiger partial charge >= 0.3 is 0 Å². The normalized spacial score (nSPS) is 24.2. The summed E-state index contributed by atoms with van der Waals surface area (Å²) in [6, 6.07) is 3.63. The van der Waals surface area contributed by atoms with E-state index in [9.17, 15) is 0 Å². The average molecular weight is 256 g/mol. The van der Waals surface area contributed by atoms with Gasteiger partial charge in [0, 0.05) is 0 Å². The Labute approximate surface area is 107 Å². The summed E-state index contributed by atoms with van der Waals surface area (Å²) in [5.41, 5.74) is 1.35. The third-order valence-corrected chi connectivity index (χ3v) is 8.92. The van der Waals surface area contributed by atoms with Gasteiger partial charge in [-0.05, 0) is 43.0 Å². The Hall–Kier alpha value is -0.123. The Kier molecular flexibility index (Phi) is 6.45. The standard InChI is InChI=1S/C14H28O2Si/c1-4-17(5-2,6-3)16-14-10-8-7-9-13(14)11-12-15/h11,14-15H,4-10,12H2,1-3H3/b13-11+. The molecule has 1 atom stereocenters. The highest BCUT2D eigenvalue weighted by Crippen LogP contribution is 2.32. The van der Waals surface area contributed by atoms with E-state index in [-0.39, 0.29) is 6.61 Å². The Bertz CT molecular complexity index is 238. The molecule has 0 radical (unpaired) electrons. The smallest absolute Gasteiger partial charge is 0.192 e. The van der Waals surface area contributed by atoms with Crippen LogP contribution in [0.3, 0.4) is 0 Å². The Morgan fingerprint density at radius 2 is 1.88 bits per heavy atom. The van der Waals surface area contributed by atoms with Crippen molar-refractivity contribution in [1.82, 2.24) is 0 Å². The molecule has 0 aromatic rings. The lowest BCUT2D eigenvalue weighted by Gasteiger charge is -2.36. The van der Waals surface area contributed by atoms with Crippen molar-refractivity contribution in [3.05, 3.63) is 11.6 Å². The van der Waals surface area contributed by atoms with E-state index in [0.29, 0.717) is 6.10 Å². The highest BCUT2D eigenvalue weighted by atomic mass is 28.4. The fourth-order valence-corrected chi connectivity index (χ4v) is 5.67. The molecule has 17 heavy (non-hydrogen) atoms. The molecule has 0 aliphatic heterocycles. The maximum atomic E-state index is 9.09. The van der Waals surface area contributed by atoms with Crippen LogP contribution in [0.2, 0.25) is 18.1 Å². The fourth-order valence-electron chi connectivity index (χ4n) is 2.79. The fraction of sp³-hybridized carbons (Fsp3) is 0.857. The van der Waals surface area contributed by atoms with Gasteiger partial charge in [-0.15, -0.1) is 0 Å². The second-order valence-electron chi connectivity index (χ2n) is 5.06. The molecule has 0 aromatic carbocycles. The van der Waals surface area contributed by atoms with E-state index in [1.54, 1.807) is 0 Å². The quantitative estimate of drug-likeness (QED) is 0.577. The number of hydrogen-bond donors (Lipinski definition) is 1. The SMILES string of the molecule is CC[Si](CC)(CC)OC1CCCC/C1=C\CO. The summed E-state index contributed by atoms with van der Waals surface area (Å²) in [7, 11) is -1.50. The molecule has 1 unspecified atom stereocenters. The van der Waals surface area contributed by atoms with Crippen molar-refractivity contribution in [1.29, 1.82) is 0 Å². The van der Waals surface area contributed by atoms with Crippen LogP contribution in [0, 0.1) is 0 Å². The van der Waals surface area contributed by atoms with Gasteiger partial charge in [-0.1, -0.05) is 33.3 Å². The molecule has 100 valence electrons. The lowest BCUT2D eigenvalue weighted by molar-refractivity contribution is 0.187. The van der Waals surface area contributed by atoms with Gasteiger partial charge in [-0.25, -0.2) is 0 Å². The van der Waals surface area contributed by atoms with Crippen LogP contribution >= 0.6 is 0 Å². The molecular formula is C14H28O2Si. The zero-order chi connectivity index (χ0) is 12.7. The Morgan fingerprint density at radius 1 is 1.24 bits per heavy atom. The molecule has 0 amide bonds. The third-order valence-electron chi connectivity index (χ3n) is 4.27. The first-order valence-electron chi connectivity index (χ1n) is 7.19. The minimum Gasteiger partial charge on any atom is -0.410 e. The van der Waals surface area contributed by atoms with E-state index in [1.807, 2.05) is 6.08 Å². The molecule has 0 spiro atoms. The molecule has 1 rings (SSSR count). The maximum absolute atomic E-state index is 9.09. The van der Waals surface area contributed by atoms with Gasteiger partial charge in [0.05, 0.1) is 12.7 Å². The van der Waals surface area contributed by atoms with E-state index in [2.05, 4.69) is 20.8 Å². The van der Waals surface area contributed by atoms with Crippen LogP contribution in [-0.4, -0.2) is 26.1 Å². The monoisotopic (exact) mass is 256 g/mol. The lowest BCUT2D eigenvalue weighted by atomic mass is 9.92. The Balaban J connectivity index is 2.72. The molecule has 1 fully saturated rings. The second-order valence-corrected chi connectivity index (χ2v) is 9.78. The van der Waals surface area contributed by atoms with Crippen LogP contribution in [0.5, 0.6) is 0 Å². The van der Waals surface area contributed by atoms with E-state index in [0.717, 1.165) is 12.8 Å². The summed E-state index contributed by atoms with van der Waals surface area (Å²) < 4.78 is 6.55. The van der Waals surface area contributed by atoms with Crippen molar-refractivity contribution in [2.24, 2.45) is 0 Å². The van der Waals surface area contributed by atoms with E-state index < -0.39 is 8.32 Å². The molecule has 1 aliphatic rings. The van der Waals surface area contributed by atoms with Crippen molar-refractivity contribution in [2.75, 3.05) is 6.61 Å². The van der Waals surface area contributed by atoms with Crippen LogP contribution < -0.4 is 0 Å². The molecule has 1 saturated carbocycles. The van der Waals surface area contributed by atoms with E-state index >= 15 is 0 Å². The third kappa shape index (κ3) is 3.93. The average Bonchev–Trinajstić information content (AvgIpc) is 2.38. The van der Waals surface area contributed by atoms with Gasteiger partial charge in [0.1, 0.15) is 0 Å². The summed E-state index contributed by atoms with van der Waals surface area (Å²) >= 11 is 0. The van der Waals surface area contributed by atoms with Gasteiger partial charge in [0.2, 0.25) is 0 Å². The molecule has 1 aliphatic carbocycles. The summed E-state index contributed by atoms with van der Waals surface area (Å²) in [5.74, 6) is 0. The van der Waals surface area contributed by atoms with E-state index in [4.69, 9.17) is 9.53 Å². The van der Waals surface area contributed by atoms with Crippen LogP contribution in [0.15, 0.2) is 11.6 Å². The number of aliphatic hydroxyl groups excluding tert-OH is 1. The zero-order valence-electron chi connectivity index (χ0n) is 11.7. The predicted molar refractivity (Wildman–Crippen MR) is 75.7 cm³/mol. The summed E-state index contributed by atoms with van der Waals surface area (Å²) in [5, 5.41) is 9.09. The highest BCUT2D eigenvalue weighted by Gasteiger charge is 2.33. The topological polar surface area (TPSA) is 29.5 Å². The number of rotatable bonds is 6. The molecule has 2 nitrogen and oxygen atoms in total. The Morgan fingerprint density at radius 3 is 2.41 bits per heavy atom. The molecule has 0 heterocycles. The van der Waals surface area contributed by atoms with Crippen molar-refractivity contribution < 1.29 is 9.53 Å². The summed E-state index contributed by atoms with van der Waals surface area (Å²) in [4.78, 5) is 0. The molecular weight excluding hydrogens is 228 g/mol. The van der Waals surface area contributed by atoms with Crippen molar-refractivity contribution in [3.63, 3.8) is 0 Å². The molecule has 0 aromatic heterocycles. The first kappa shape index (κ1) is 14.9. The van der Waals surface area contributed by atoms with Crippen molar-refractivity contribution in [2.45, 2.75) is 70.7 Å². The first-order valence-corrected chi connectivity index (χ1v) is 9.72. The highest BCUT2D eigenvalue weighted by molar-refractivity contribution is 6.73. The van der Waals surface area contributed by atoms with Gasteiger partial charge in [-0.3, -0.25) is 0 Å². The summed E-state index contributed by atoms with van der Waals surface area (Å²) in [6.07, 6.45) is 7.08. The largest absolute Gasteiger partial charge is 0.410 e. The van der Waals surface area contributed by atoms with Crippen molar-refractivity contribution >= 4 is 8.32 Å². The second kappa shape index (κ2) is 7.34. The minimum atomic E-state index is -1.50. The molecule has 0 saturated heterocycles. The van der Waals surface area contributed by atoms with Gasteiger partial charge in [0.25, 0.3) is 0 Å². The maximum Gasteiger partial charge on any atom is 0.192 e. The van der Waals surface area contributed by atoms with Crippen LogP contribution in [0.25, 0.3) is 0 Å². The first-order chi connectivity index (χ1) is 8.21. The van der Waals surface area contributed by atoms with Gasteiger partial charge < -0.3 is 9.53 Å². The van der Waals surface area contributed by atoms with Gasteiger partial charge in [-0.2, -0.15) is 0 Å². The zero-order valence-corrected chi connectivity index (χ0v) is 12.7. The molecule has 3 heteroatoms. The number of aliphatic hydroxyl groups is 1.